The second-order valence-corrected chi connectivity index (χ2v) is 7.27. The molecule has 0 aromatic carbocycles. The first kappa shape index (κ1) is 14.3. The van der Waals surface area contributed by atoms with Gasteiger partial charge in [-0.05, 0) is 54.0 Å². The molecule has 110 valence electrons. The first-order valence-corrected chi connectivity index (χ1v) is 8.73. The Morgan fingerprint density at radius 1 is 1.05 bits per heavy atom. The number of anilines is 1. The van der Waals surface area contributed by atoms with Crippen LogP contribution < -0.4 is 5.32 Å². The third kappa shape index (κ3) is 2.72. The summed E-state index contributed by atoms with van der Waals surface area (Å²) < 4.78 is 1.08. The number of nitrogens with one attached hydrogen (secondary N) is 1. The molecule has 0 bridgehead atoms. The van der Waals surface area contributed by atoms with Crippen LogP contribution in [0.4, 0.5) is 5.82 Å². The van der Waals surface area contributed by atoms with Crippen molar-refractivity contribution in [2.45, 2.75) is 63.7 Å². The van der Waals surface area contributed by atoms with E-state index in [2.05, 4.69) is 28.2 Å². The second kappa shape index (κ2) is 6.00. The molecule has 3 nitrogen and oxygen atoms in total. The molecule has 0 aliphatic heterocycles. The third-order valence-corrected chi connectivity index (χ3v) is 5.71. The van der Waals surface area contributed by atoms with Gasteiger partial charge in [0.05, 0.1) is 10.2 Å². The summed E-state index contributed by atoms with van der Waals surface area (Å²) in [4.78, 5) is 9.75. The molecular formula is C16H24BrN3. The van der Waals surface area contributed by atoms with Gasteiger partial charge in [-0.1, -0.05) is 19.8 Å². The van der Waals surface area contributed by atoms with Crippen molar-refractivity contribution < 1.29 is 0 Å². The molecule has 1 aromatic heterocycles. The predicted molar refractivity (Wildman–Crippen MR) is 86.2 cm³/mol. The van der Waals surface area contributed by atoms with Crippen molar-refractivity contribution in [2.75, 3.05) is 12.4 Å². The average molecular weight is 338 g/mol. The first-order valence-electron chi connectivity index (χ1n) is 7.94. The summed E-state index contributed by atoms with van der Waals surface area (Å²) in [6.45, 7) is 2.34. The molecular weight excluding hydrogens is 314 g/mol. The fourth-order valence-corrected chi connectivity index (χ4v) is 4.44. The van der Waals surface area contributed by atoms with Crippen LogP contribution in [0.5, 0.6) is 0 Å². The molecule has 0 spiro atoms. The Labute approximate surface area is 130 Å². The van der Waals surface area contributed by atoms with Crippen molar-refractivity contribution in [3.63, 3.8) is 0 Å². The molecule has 2 unspecified atom stereocenters. The minimum atomic E-state index is 0.561. The van der Waals surface area contributed by atoms with Gasteiger partial charge in [-0.25, -0.2) is 9.97 Å². The van der Waals surface area contributed by atoms with Crippen molar-refractivity contribution in [3.8, 4) is 0 Å². The lowest BCUT2D eigenvalue weighted by molar-refractivity contribution is 0.579. The fourth-order valence-electron chi connectivity index (χ4n) is 3.74. The Kier molecular flexibility index (Phi) is 4.29. The smallest absolute Gasteiger partial charge is 0.144 e. The number of rotatable bonds is 3. The Morgan fingerprint density at radius 2 is 1.80 bits per heavy atom. The van der Waals surface area contributed by atoms with Crippen molar-refractivity contribution in [2.24, 2.45) is 5.92 Å². The lowest BCUT2D eigenvalue weighted by atomic mass is 10.0. The van der Waals surface area contributed by atoms with E-state index in [1.165, 1.54) is 50.6 Å². The maximum absolute atomic E-state index is 4.98. The van der Waals surface area contributed by atoms with Crippen LogP contribution in [0, 0.1) is 5.92 Å². The number of nitrogens with zero attached hydrogens (tertiary/aromatic N) is 2. The summed E-state index contributed by atoms with van der Waals surface area (Å²) in [7, 11) is 1.95. The quantitative estimate of drug-likeness (QED) is 0.857. The fraction of sp³-hybridized carbons (Fsp3) is 0.750. The van der Waals surface area contributed by atoms with E-state index in [1.807, 2.05) is 7.05 Å². The Morgan fingerprint density at radius 3 is 2.40 bits per heavy atom. The molecule has 1 N–H and O–H groups in total. The van der Waals surface area contributed by atoms with Crippen LogP contribution in [0.15, 0.2) is 4.47 Å². The number of aromatic nitrogens is 2. The third-order valence-electron chi connectivity index (χ3n) is 4.93. The molecule has 2 aliphatic carbocycles. The predicted octanol–water partition coefficient (Wildman–Crippen LogP) is 4.84. The monoisotopic (exact) mass is 337 g/mol. The zero-order valence-electron chi connectivity index (χ0n) is 12.5. The highest BCUT2D eigenvalue weighted by Crippen LogP contribution is 2.42. The van der Waals surface area contributed by atoms with Gasteiger partial charge in [0.1, 0.15) is 11.6 Å². The summed E-state index contributed by atoms with van der Waals surface area (Å²) >= 11 is 3.72. The molecule has 20 heavy (non-hydrogen) atoms. The minimum Gasteiger partial charge on any atom is -0.372 e. The highest BCUT2D eigenvalue weighted by molar-refractivity contribution is 9.10. The topological polar surface area (TPSA) is 37.8 Å². The summed E-state index contributed by atoms with van der Waals surface area (Å²) in [5.74, 6) is 4.04. The first-order chi connectivity index (χ1) is 9.69. The Hall–Kier alpha value is -0.640. The molecule has 4 heteroatoms. The van der Waals surface area contributed by atoms with Crippen molar-refractivity contribution in [3.05, 3.63) is 16.0 Å². The van der Waals surface area contributed by atoms with E-state index in [4.69, 9.17) is 9.97 Å². The van der Waals surface area contributed by atoms with Gasteiger partial charge in [0.2, 0.25) is 0 Å². The lowest BCUT2D eigenvalue weighted by Gasteiger charge is -2.17. The highest BCUT2D eigenvalue weighted by atomic mass is 79.9. The van der Waals surface area contributed by atoms with Crippen LogP contribution in [0.3, 0.4) is 0 Å². The molecule has 2 fully saturated rings. The maximum atomic E-state index is 4.98. The van der Waals surface area contributed by atoms with Crippen LogP contribution >= 0.6 is 15.9 Å². The molecule has 2 aliphatic rings. The van der Waals surface area contributed by atoms with Gasteiger partial charge in [-0.3, -0.25) is 0 Å². The largest absolute Gasteiger partial charge is 0.372 e. The lowest BCUT2D eigenvalue weighted by Crippen LogP contribution is -2.10. The SMILES string of the molecule is CNc1nc(C2CCC(C)C2)nc(C2CCCC2)c1Br. The Bertz CT molecular complexity index is 483. The van der Waals surface area contributed by atoms with Crippen LogP contribution in [0.1, 0.15) is 75.2 Å². The van der Waals surface area contributed by atoms with Gasteiger partial charge in [0.15, 0.2) is 0 Å². The van der Waals surface area contributed by atoms with Crippen molar-refractivity contribution in [1.29, 1.82) is 0 Å². The minimum absolute atomic E-state index is 0.561. The normalized spacial score (nSPS) is 27.1. The van der Waals surface area contributed by atoms with E-state index in [-0.39, 0.29) is 0 Å². The highest BCUT2D eigenvalue weighted by Gasteiger charge is 2.29. The number of halogens is 1. The summed E-state index contributed by atoms with van der Waals surface area (Å²) in [6, 6.07) is 0. The average Bonchev–Trinajstić information content (AvgIpc) is 3.10. The van der Waals surface area contributed by atoms with Crippen LogP contribution in [0.2, 0.25) is 0 Å². The van der Waals surface area contributed by atoms with Gasteiger partial charge >= 0.3 is 0 Å². The van der Waals surface area contributed by atoms with Crippen molar-refractivity contribution in [1.82, 2.24) is 9.97 Å². The molecule has 1 heterocycles. The summed E-state index contributed by atoms with van der Waals surface area (Å²) in [5, 5.41) is 3.24. The van der Waals surface area contributed by atoms with E-state index in [0.29, 0.717) is 11.8 Å². The van der Waals surface area contributed by atoms with Crippen molar-refractivity contribution >= 4 is 21.7 Å². The Balaban J connectivity index is 1.96. The molecule has 2 atom stereocenters. The molecule has 0 amide bonds. The summed E-state index contributed by atoms with van der Waals surface area (Å²) in [6.07, 6.45) is 9.04. The van der Waals surface area contributed by atoms with Crippen LogP contribution in [-0.2, 0) is 0 Å². The van der Waals surface area contributed by atoms with Crippen LogP contribution in [-0.4, -0.2) is 17.0 Å². The van der Waals surface area contributed by atoms with Crippen LogP contribution in [0.25, 0.3) is 0 Å². The molecule has 3 rings (SSSR count). The van der Waals surface area contributed by atoms with Gasteiger partial charge in [-0.2, -0.15) is 0 Å². The van der Waals surface area contributed by atoms with E-state index in [0.717, 1.165) is 22.0 Å². The zero-order valence-corrected chi connectivity index (χ0v) is 14.0. The van der Waals surface area contributed by atoms with E-state index >= 15 is 0 Å². The number of hydrogen-bond acceptors (Lipinski definition) is 3. The zero-order chi connectivity index (χ0) is 14.1. The molecule has 2 saturated carbocycles. The van der Waals surface area contributed by atoms with Gasteiger partial charge in [0.25, 0.3) is 0 Å². The van der Waals surface area contributed by atoms with E-state index in [9.17, 15) is 0 Å². The van der Waals surface area contributed by atoms with Gasteiger partial charge in [0, 0.05) is 18.9 Å². The van der Waals surface area contributed by atoms with Gasteiger partial charge in [-0.15, -0.1) is 0 Å². The molecule has 0 saturated heterocycles. The number of hydrogen-bond donors (Lipinski definition) is 1. The van der Waals surface area contributed by atoms with E-state index < -0.39 is 0 Å². The summed E-state index contributed by atoms with van der Waals surface area (Å²) in [5.41, 5.74) is 1.25. The van der Waals surface area contributed by atoms with E-state index in [1.54, 1.807) is 0 Å². The van der Waals surface area contributed by atoms with Gasteiger partial charge < -0.3 is 5.32 Å². The maximum Gasteiger partial charge on any atom is 0.144 e. The molecule has 1 aromatic rings. The standard InChI is InChI=1S/C16H24BrN3/c1-10-7-8-12(9-10)15-19-14(11-5-3-4-6-11)13(17)16(18-2)20-15/h10-12H,3-9H2,1-2H3,(H,18,19,20). The molecule has 0 radical (unpaired) electrons. The second-order valence-electron chi connectivity index (χ2n) is 6.48.